The monoisotopic (exact) mass is 453 g/mol. The molecule has 6 nitrogen and oxygen atoms in total. The Morgan fingerprint density at radius 1 is 0.935 bits per heavy atom. The van der Waals surface area contributed by atoms with Gasteiger partial charge in [0.2, 0.25) is 0 Å². The van der Waals surface area contributed by atoms with Gasteiger partial charge in [-0.3, -0.25) is 14.8 Å². The number of anilines is 2. The fourth-order valence-corrected chi connectivity index (χ4v) is 4.58. The van der Waals surface area contributed by atoms with Crippen LogP contribution in [0.3, 0.4) is 0 Å². The number of sulfonamides is 1. The molecule has 0 radical (unpaired) electrons. The molecule has 0 aliphatic carbocycles. The lowest BCUT2D eigenvalue weighted by atomic mass is 10.2. The van der Waals surface area contributed by atoms with Gasteiger partial charge in [-0.25, -0.2) is 17.8 Å². The average Bonchev–Trinajstić information content (AvgIpc) is 3.23. The molecule has 0 atom stereocenters. The number of rotatable bonds is 6. The van der Waals surface area contributed by atoms with Crippen LogP contribution in [-0.4, -0.2) is 19.3 Å². The molecule has 1 amide bonds. The van der Waals surface area contributed by atoms with E-state index >= 15 is 0 Å². The van der Waals surface area contributed by atoms with Gasteiger partial charge in [0.15, 0.2) is 5.13 Å². The highest BCUT2D eigenvalue weighted by atomic mass is 32.2. The first-order chi connectivity index (χ1) is 14.9. The van der Waals surface area contributed by atoms with Crippen LogP contribution in [0.5, 0.6) is 0 Å². The molecule has 31 heavy (non-hydrogen) atoms. The predicted octanol–water partition coefficient (Wildman–Crippen LogP) is 5.00. The van der Waals surface area contributed by atoms with E-state index in [1.54, 1.807) is 35.7 Å². The van der Waals surface area contributed by atoms with Gasteiger partial charge in [0, 0.05) is 22.2 Å². The highest BCUT2D eigenvalue weighted by molar-refractivity contribution is 7.92. The number of halogens is 1. The van der Waals surface area contributed by atoms with Gasteiger partial charge >= 0.3 is 0 Å². The van der Waals surface area contributed by atoms with Crippen molar-refractivity contribution in [2.24, 2.45) is 0 Å². The quantitative estimate of drug-likeness (QED) is 0.430. The lowest BCUT2D eigenvalue weighted by Crippen LogP contribution is -2.14. The van der Waals surface area contributed by atoms with E-state index in [2.05, 4.69) is 15.0 Å². The van der Waals surface area contributed by atoms with Crippen molar-refractivity contribution >= 4 is 38.1 Å². The van der Waals surface area contributed by atoms with E-state index in [9.17, 15) is 17.6 Å². The van der Waals surface area contributed by atoms with E-state index in [1.807, 2.05) is 0 Å². The summed E-state index contributed by atoms with van der Waals surface area (Å²) in [7, 11) is -3.71. The number of hydrogen-bond donors (Lipinski definition) is 2. The Labute approximate surface area is 182 Å². The summed E-state index contributed by atoms with van der Waals surface area (Å²) in [5.41, 5.74) is 1.85. The molecule has 156 valence electrons. The van der Waals surface area contributed by atoms with Crippen LogP contribution in [0.15, 0.2) is 89.1 Å². The standard InChI is InChI=1S/C22H16FN3O3S2/c23-17-6-4-5-16(13-17)20-14-30-22(24-20)25-21(27)15-9-11-18(12-10-15)26-31(28,29)19-7-2-1-3-8-19/h1-14,26H,(H,24,25,27). The van der Waals surface area contributed by atoms with Crippen molar-refractivity contribution in [3.63, 3.8) is 0 Å². The van der Waals surface area contributed by atoms with Gasteiger partial charge in [-0.05, 0) is 48.5 Å². The maximum atomic E-state index is 13.4. The number of thiazole rings is 1. The molecular weight excluding hydrogens is 437 g/mol. The van der Waals surface area contributed by atoms with Crippen LogP contribution in [0.2, 0.25) is 0 Å². The number of aromatic nitrogens is 1. The molecule has 0 saturated carbocycles. The van der Waals surface area contributed by atoms with Crippen LogP contribution in [0.25, 0.3) is 11.3 Å². The third-order valence-electron chi connectivity index (χ3n) is 4.30. The van der Waals surface area contributed by atoms with E-state index in [0.717, 1.165) is 0 Å². The predicted molar refractivity (Wildman–Crippen MR) is 119 cm³/mol. The van der Waals surface area contributed by atoms with Crippen molar-refractivity contribution in [3.8, 4) is 11.3 Å². The molecular formula is C22H16FN3O3S2. The van der Waals surface area contributed by atoms with E-state index in [-0.39, 0.29) is 10.7 Å². The highest BCUT2D eigenvalue weighted by Gasteiger charge is 2.14. The maximum absolute atomic E-state index is 13.4. The molecule has 0 unspecified atom stereocenters. The van der Waals surface area contributed by atoms with Crippen LogP contribution in [0.1, 0.15) is 10.4 Å². The van der Waals surface area contributed by atoms with Gasteiger partial charge in [-0.15, -0.1) is 11.3 Å². The molecule has 1 heterocycles. The van der Waals surface area contributed by atoms with Crippen molar-refractivity contribution in [2.45, 2.75) is 4.90 Å². The zero-order valence-electron chi connectivity index (χ0n) is 15.9. The summed E-state index contributed by atoms with van der Waals surface area (Å²) in [6, 6.07) is 20.1. The largest absolute Gasteiger partial charge is 0.298 e. The van der Waals surface area contributed by atoms with Gasteiger partial charge in [0.05, 0.1) is 10.6 Å². The Bertz CT molecular complexity index is 1320. The molecule has 0 bridgehead atoms. The van der Waals surface area contributed by atoms with E-state index in [4.69, 9.17) is 0 Å². The van der Waals surface area contributed by atoms with Gasteiger partial charge in [-0.1, -0.05) is 30.3 Å². The number of benzene rings is 3. The molecule has 9 heteroatoms. The summed E-state index contributed by atoms with van der Waals surface area (Å²) >= 11 is 1.22. The second kappa shape index (κ2) is 8.66. The minimum atomic E-state index is -3.71. The summed E-state index contributed by atoms with van der Waals surface area (Å²) in [5.74, 6) is -0.753. The van der Waals surface area contributed by atoms with E-state index < -0.39 is 15.9 Å². The molecule has 0 spiro atoms. The third-order valence-corrected chi connectivity index (χ3v) is 6.45. The van der Waals surface area contributed by atoms with Crippen LogP contribution >= 0.6 is 11.3 Å². The summed E-state index contributed by atoms with van der Waals surface area (Å²) in [6.45, 7) is 0. The molecule has 0 fully saturated rings. The van der Waals surface area contributed by atoms with Crippen molar-refractivity contribution in [3.05, 3.63) is 95.6 Å². The smallest absolute Gasteiger partial charge is 0.261 e. The summed E-state index contributed by atoms with van der Waals surface area (Å²) < 4.78 is 40.6. The van der Waals surface area contributed by atoms with Gasteiger partial charge in [0.25, 0.3) is 15.9 Å². The number of carbonyl (C=O) groups is 1. The fraction of sp³-hybridized carbons (Fsp3) is 0. The lowest BCUT2D eigenvalue weighted by molar-refractivity contribution is 0.102. The highest BCUT2D eigenvalue weighted by Crippen LogP contribution is 2.26. The first-order valence-electron chi connectivity index (χ1n) is 9.11. The van der Waals surface area contributed by atoms with Crippen molar-refractivity contribution in [1.29, 1.82) is 0 Å². The molecule has 0 aliphatic rings. The summed E-state index contributed by atoms with van der Waals surface area (Å²) in [5, 5.41) is 4.79. The lowest BCUT2D eigenvalue weighted by Gasteiger charge is -2.08. The Morgan fingerprint density at radius 3 is 2.39 bits per heavy atom. The average molecular weight is 454 g/mol. The number of nitrogens with one attached hydrogen (secondary N) is 2. The van der Waals surface area contributed by atoms with Crippen molar-refractivity contribution in [2.75, 3.05) is 10.0 Å². The Hall–Kier alpha value is -3.56. The number of amides is 1. The number of nitrogens with zero attached hydrogens (tertiary/aromatic N) is 1. The van der Waals surface area contributed by atoms with Crippen LogP contribution in [0, 0.1) is 5.82 Å². The number of hydrogen-bond acceptors (Lipinski definition) is 5. The molecule has 1 aromatic heterocycles. The first-order valence-corrected chi connectivity index (χ1v) is 11.5. The van der Waals surface area contributed by atoms with Gasteiger partial charge < -0.3 is 0 Å². The summed E-state index contributed by atoms with van der Waals surface area (Å²) in [6.07, 6.45) is 0. The third kappa shape index (κ3) is 4.96. The van der Waals surface area contributed by atoms with Crippen molar-refractivity contribution in [1.82, 2.24) is 4.98 Å². The van der Waals surface area contributed by atoms with Gasteiger partial charge in [0.1, 0.15) is 5.82 Å². The molecule has 4 rings (SSSR count). The zero-order valence-corrected chi connectivity index (χ0v) is 17.6. The van der Waals surface area contributed by atoms with Crippen molar-refractivity contribution < 1.29 is 17.6 Å². The first kappa shape index (κ1) is 20.7. The zero-order chi connectivity index (χ0) is 21.8. The SMILES string of the molecule is O=C(Nc1nc(-c2cccc(F)c2)cs1)c1ccc(NS(=O)(=O)c2ccccc2)cc1. The second-order valence-electron chi connectivity index (χ2n) is 6.50. The maximum Gasteiger partial charge on any atom is 0.261 e. The normalized spacial score (nSPS) is 11.1. The topological polar surface area (TPSA) is 88.2 Å². The Kier molecular flexibility index (Phi) is 5.79. The minimum absolute atomic E-state index is 0.148. The minimum Gasteiger partial charge on any atom is -0.298 e. The van der Waals surface area contributed by atoms with Crippen LogP contribution in [-0.2, 0) is 10.0 Å². The Balaban J connectivity index is 1.43. The fourth-order valence-electron chi connectivity index (χ4n) is 2.78. The van der Waals surface area contributed by atoms with E-state index in [0.29, 0.717) is 27.6 Å². The van der Waals surface area contributed by atoms with Gasteiger partial charge in [-0.2, -0.15) is 0 Å². The van der Waals surface area contributed by atoms with Crippen LogP contribution in [0.4, 0.5) is 15.2 Å². The molecule has 3 aromatic carbocycles. The number of carbonyl (C=O) groups excluding carboxylic acids is 1. The molecule has 0 saturated heterocycles. The Morgan fingerprint density at radius 2 is 1.68 bits per heavy atom. The molecule has 2 N–H and O–H groups in total. The summed E-state index contributed by atoms with van der Waals surface area (Å²) in [4.78, 5) is 17.0. The molecule has 4 aromatic rings. The molecule has 0 aliphatic heterocycles. The van der Waals surface area contributed by atoms with E-state index in [1.165, 1.54) is 59.9 Å². The second-order valence-corrected chi connectivity index (χ2v) is 9.04. The van der Waals surface area contributed by atoms with Crippen LogP contribution < -0.4 is 10.0 Å².